The Morgan fingerprint density at radius 1 is 0.600 bits per heavy atom. The Labute approximate surface area is 174 Å². The molecule has 0 aliphatic carbocycles. The summed E-state index contributed by atoms with van der Waals surface area (Å²) in [7, 11) is -1.83. The third-order valence-corrected chi connectivity index (χ3v) is 4.86. The summed E-state index contributed by atoms with van der Waals surface area (Å²) in [5.41, 5.74) is 12.2. The van der Waals surface area contributed by atoms with Gasteiger partial charge in [0.25, 0.3) is 0 Å². The Morgan fingerprint density at radius 2 is 1.17 bits per heavy atom. The first kappa shape index (κ1) is 19.6. The van der Waals surface area contributed by atoms with E-state index in [1.54, 1.807) is 30.3 Å². The van der Waals surface area contributed by atoms with Crippen molar-refractivity contribution in [2.75, 3.05) is 11.5 Å². The van der Waals surface area contributed by atoms with Gasteiger partial charge in [0.1, 0.15) is 5.75 Å². The standard InChI is InChI=1S/C18H13BO3.C6H8N2/c20-19(21)22-17-7-3-6-12-8-9-15-10-13-4-1-2-5-14(13)11-16(15)18(12)17;7-5-1-2-6(8)4-3-5/h1-11,20-21H;1-4H,7-8H2. The predicted octanol–water partition coefficient (Wildman–Crippen LogP) is 4.35. The first-order valence-electron chi connectivity index (χ1n) is 9.49. The second-order valence-electron chi connectivity index (χ2n) is 6.95. The Bertz CT molecular complexity index is 1300. The van der Waals surface area contributed by atoms with Crippen LogP contribution in [-0.4, -0.2) is 17.4 Å². The fourth-order valence-corrected chi connectivity index (χ4v) is 3.47. The lowest BCUT2D eigenvalue weighted by Crippen LogP contribution is -2.20. The van der Waals surface area contributed by atoms with E-state index in [0.717, 1.165) is 38.3 Å². The van der Waals surface area contributed by atoms with Crippen LogP contribution in [0.2, 0.25) is 0 Å². The van der Waals surface area contributed by atoms with Crippen LogP contribution < -0.4 is 16.1 Å². The molecule has 0 radical (unpaired) electrons. The normalized spacial score (nSPS) is 10.6. The largest absolute Gasteiger partial charge is 0.707 e. The van der Waals surface area contributed by atoms with Crippen molar-refractivity contribution in [2.45, 2.75) is 0 Å². The maximum absolute atomic E-state index is 9.14. The van der Waals surface area contributed by atoms with Gasteiger partial charge in [-0.3, -0.25) is 0 Å². The first-order valence-corrected chi connectivity index (χ1v) is 9.49. The second-order valence-corrected chi connectivity index (χ2v) is 6.95. The van der Waals surface area contributed by atoms with Gasteiger partial charge in [-0.15, -0.1) is 0 Å². The van der Waals surface area contributed by atoms with Crippen LogP contribution in [0.1, 0.15) is 0 Å². The number of fused-ring (bicyclic) bond motifs is 4. The molecule has 0 saturated carbocycles. The van der Waals surface area contributed by atoms with Crippen LogP contribution in [-0.2, 0) is 0 Å². The number of benzene rings is 5. The zero-order chi connectivity index (χ0) is 21.1. The van der Waals surface area contributed by atoms with Gasteiger partial charge >= 0.3 is 7.32 Å². The molecule has 6 heteroatoms. The van der Waals surface area contributed by atoms with Gasteiger partial charge in [0, 0.05) is 16.8 Å². The zero-order valence-corrected chi connectivity index (χ0v) is 16.2. The summed E-state index contributed by atoms with van der Waals surface area (Å²) >= 11 is 0. The molecule has 5 aromatic rings. The summed E-state index contributed by atoms with van der Waals surface area (Å²) in [5, 5.41) is 24.6. The van der Waals surface area contributed by atoms with Crippen molar-refractivity contribution in [1.29, 1.82) is 0 Å². The van der Waals surface area contributed by atoms with E-state index >= 15 is 0 Å². The van der Waals surface area contributed by atoms with E-state index in [9.17, 15) is 0 Å². The quantitative estimate of drug-likeness (QED) is 0.154. The van der Waals surface area contributed by atoms with Crippen LogP contribution in [0, 0.1) is 0 Å². The molecule has 5 rings (SSSR count). The van der Waals surface area contributed by atoms with Gasteiger partial charge in [-0.1, -0.05) is 48.5 Å². The summed E-state index contributed by atoms with van der Waals surface area (Å²) in [5.74, 6) is 0.466. The molecular weight excluding hydrogens is 375 g/mol. The molecule has 148 valence electrons. The van der Waals surface area contributed by atoms with Crippen molar-refractivity contribution >= 4 is 51.0 Å². The highest BCUT2D eigenvalue weighted by atomic mass is 16.6. The van der Waals surface area contributed by atoms with E-state index in [0.29, 0.717) is 5.75 Å². The number of hydrogen-bond acceptors (Lipinski definition) is 5. The van der Waals surface area contributed by atoms with Crippen LogP contribution >= 0.6 is 0 Å². The molecule has 6 N–H and O–H groups in total. The number of nitrogens with two attached hydrogens (primary N) is 2. The predicted molar refractivity (Wildman–Crippen MR) is 125 cm³/mol. The number of hydrogen-bond donors (Lipinski definition) is 4. The minimum absolute atomic E-state index is 0.466. The minimum atomic E-state index is -1.83. The van der Waals surface area contributed by atoms with Crippen molar-refractivity contribution in [2.24, 2.45) is 0 Å². The van der Waals surface area contributed by atoms with Gasteiger partial charge in [-0.25, -0.2) is 0 Å². The van der Waals surface area contributed by atoms with E-state index in [1.807, 2.05) is 30.3 Å². The highest BCUT2D eigenvalue weighted by Crippen LogP contribution is 2.35. The molecule has 5 aromatic carbocycles. The molecule has 30 heavy (non-hydrogen) atoms. The molecule has 0 atom stereocenters. The van der Waals surface area contributed by atoms with Crippen LogP contribution in [0.25, 0.3) is 32.3 Å². The molecule has 0 fully saturated rings. The van der Waals surface area contributed by atoms with Crippen molar-refractivity contribution in [3.8, 4) is 5.75 Å². The lowest BCUT2D eigenvalue weighted by molar-refractivity contribution is 0.289. The third-order valence-electron chi connectivity index (χ3n) is 4.86. The molecule has 5 nitrogen and oxygen atoms in total. The molecule has 0 amide bonds. The molecule has 0 unspecified atom stereocenters. The van der Waals surface area contributed by atoms with Gasteiger partial charge in [-0.2, -0.15) is 0 Å². The highest BCUT2D eigenvalue weighted by molar-refractivity contribution is 6.34. The molecule has 0 heterocycles. The first-order chi connectivity index (χ1) is 14.5. The molecule has 0 aliphatic rings. The maximum Gasteiger partial charge on any atom is 0.707 e. The van der Waals surface area contributed by atoms with Crippen LogP contribution in [0.4, 0.5) is 11.4 Å². The summed E-state index contributed by atoms with van der Waals surface area (Å²) < 4.78 is 5.16. The van der Waals surface area contributed by atoms with Crippen molar-refractivity contribution in [3.63, 3.8) is 0 Å². The fraction of sp³-hybridized carbons (Fsp3) is 0. The maximum atomic E-state index is 9.14. The van der Waals surface area contributed by atoms with Crippen LogP contribution in [0.3, 0.4) is 0 Å². The molecular formula is C24H21BN2O3. The van der Waals surface area contributed by atoms with Gasteiger partial charge in [0.15, 0.2) is 0 Å². The minimum Gasteiger partial charge on any atom is -0.511 e. The summed E-state index contributed by atoms with van der Waals surface area (Å²) in [6, 6.07) is 29.2. The van der Waals surface area contributed by atoms with Crippen LogP contribution in [0.5, 0.6) is 5.75 Å². The van der Waals surface area contributed by atoms with Gasteiger partial charge in [-0.05, 0) is 69.4 Å². The van der Waals surface area contributed by atoms with E-state index in [2.05, 4.69) is 30.3 Å². The van der Waals surface area contributed by atoms with E-state index < -0.39 is 7.32 Å². The van der Waals surface area contributed by atoms with E-state index in [1.165, 1.54) is 5.39 Å². The Balaban J connectivity index is 0.000000230. The Hall–Kier alpha value is -3.74. The van der Waals surface area contributed by atoms with Gasteiger partial charge in [0.05, 0.1) is 0 Å². The zero-order valence-electron chi connectivity index (χ0n) is 16.2. The monoisotopic (exact) mass is 396 g/mol. The number of anilines is 2. The Morgan fingerprint density at radius 3 is 1.80 bits per heavy atom. The summed E-state index contributed by atoms with van der Waals surface area (Å²) in [6.07, 6.45) is 0. The average Bonchev–Trinajstić information content (AvgIpc) is 2.74. The van der Waals surface area contributed by atoms with E-state index in [-0.39, 0.29) is 0 Å². The molecule has 0 saturated heterocycles. The van der Waals surface area contributed by atoms with Gasteiger partial charge < -0.3 is 26.2 Å². The lowest BCUT2D eigenvalue weighted by Gasteiger charge is -2.12. The Kier molecular flexibility index (Phi) is 5.43. The molecule has 0 bridgehead atoms. The highest BCUT2D eigenvalue weighted by Gasteiger charge is 2.15. The van der Waals surface area contributed by atoms with Crippen molar-refractivity contribution < 1.29 is 14.7 Å². The van der Waals surface area contributed by atoms with Crippen molar-refractivity contribution in [1.82, 2.24) is 0 Å². The number of nitrogen functional groups attached to an aromatic ring is 2. The third kappa shape index (κ3) is 4.15. The lowest BCUT2D eigenvalue weighted by atomic mass is 9.97. The SMILES string of the molecule is Nc1ccc(N)cc1.OB(O)Oc1cccc2ccc3cc4ccccc4cc3c12. The molecule has 0 aliphatic heterocycles. The van der Waals surface area contributed by atoms with E-state index in [4.69, 9.17) is 26.2 Å². The molecule has 0 aromatic heterocycles. The van der Waals surface area contributed by atoms with Crippen molar-refractivity contribution in [3.05, 3.63) is 91.0 Å². The topological polar surface area (TPSA) is 102 Å². The number of rotatable bonds is 2. The summed E-state index contributed by atoms with van der Waals surface area (Å²) in [4.78, 5) is 0. The molecule has 0 spiro atoms. The van der Waals surface area contributed by atoms with Gasteiger partial charge in [0.2, 0.25) is 0 Å². The summed E-state index contributed by atoms with van der Waals surface area (Å²) in [6.45, 7) is 0. The fourth-order valence-electron chi connectivity index (χ4n) is 3.47. The average molecular weight is 396 g/mol. The van der Waals surface area contributed by atoms with Crippen LogP contribution in [0.15, 0.2) is 91.0 Å². The smallest absolute Gasteiger partial charge is 0.511 e. The second kappa shape index (κ2) is 8.33.